The van der Waals surface area contributed by atoms with E-state index in [2.05, 4.69) is 15.9 Å². The monoisotopic (exact) mass is 176 g/mol. The number of hydrogen-bond acceptors (Lipinski definition) is 1. The molecule has 0 aromatic heterocycles. The minimum atomic E-state index is -0.0950. The Kier molecular flexibility index (Phi) is 4.97. The van der Waals surface area contributed by atoms with Crippen molar-refractivity contribution in [1.82, 2.24) is 0 Å². The molecule has 0 N–H and O–H groups in total. The number of carbonyl (C=O) groups excluding carboxylic acids is 1. The SMILES string of the molecule is CCC=CC(Br)C=O. The first-order chi connectivity index (χ1) is 3.81. The van der Waals surface area contributed by atoms with Crippen molar-refractivity contribution in [2.75, 3.05) is 0 Å². The van der Waals surface area contributed by atoms with Gasteiger partial charge in [0.15, 0.2) is 0 Å². The van der Waals surface area contributed by atoms with E-state index in [1.54, 1.807) is 0 Å². The van der Waals surface area contributed by atoms with E-state index in [9.17, 15) is 4.79 Å². The zero-order valence-electron chi connectivity index (χ0n) is 4.80. The maximum Gasteiger partial charge on any atom is 0.137 e. The number of allylic oxidation sites excluding steroid dienone is 2. The molecule has 1 atom stereocenters. The standard InChI is InChI=1S/C6H9BrO/c1-2-3-4-6(7)5-8/h3-6H,2H2,1H3. The van der Waals surface area contributed by atoms with Gasteiger partial charge in [0.1, 0.15) is 6.29 Å². The van der Waals surface area contributed by atoms with Crippen molar-refractivity contribution in [3.8, 4) is 0 Å². The molecule has 0 amide bonds. The first kappa shape index (κ1) is 7.89. The summed E-state index contributed by atoms with van der Waals surface area (Å²) in [5.74, 6) is 0. The molecule has 0 saturated heterocycles. The van der Waals surface area contributed by atoms with Crippen LogP contribution in [0.5, 0.6) is 0 Å². The van der Waals surface area contributed by atoms with Crippen LogP contribution < -0.4 is 0 Å². The van der Waals surface area contributed by atoms with Gasteiger partial charge in [0.2, 0.25) is 0 Å². The van der Waals surface area contributed by atoms with Gasteiger partial charge in [-0.15, -0.1) is 0 Å². The number of halogens is 1. The number of carbonyl (C=O) groups is 1. The molecule has 2 heteroatoms. The molecule has 8 heavy (non-hydrogen) atoms. The van der Waals surface area contributed by atoms with Crippen molar-refractivity contribution >= 4 is 22.2 Å². The van der Waals surface area contributed by atoms with Crippen molar-refractivity contribution in [3.05, 3.63) is 12.2 Å². The van der Waals surface area contributed by atoms with Gasteiger partial charge in [-0.3, -0.25) is 0 Å². The summed E-state index contributed by atoms with van der Waals surface area (Å²) in [6, 6.07) is 0. The van der Waals surface area contributed by atoms with Crippen LogP contribution in [0.2, 0.25) is 0 Å². The van der Waals surface area contributed by atoms with Crippen LogP contribution in [-0.2, 0) is 4.79 Å². The predicted molar refractivity (Wildman–Crippen MR) is 38.2 cm³/mol. The molecule has 46 valence electrons. The first-order valence-electron chi connectivity index (χ1n) is 2.57. The van der Waals surface area contributed by atoms with Crippen molar-refractivity contribution in [3.63, 3.8) is 0 Å². The van der Waals surface area contributed by atoms with E-state index in [0.29, 0.717) is 0 Å². The fraction of sp³-hybridized carbons (Fsp3) is 0.500. The van der Waals surface area contributed by atoms with Gasteiger partial charge in [0, 0.05) is 0 Å². The highest BCUT2D eigenvalue weighted by Crippen LogP contribution is 1.96. The van der Waals surface area contributed by atoms with Crippen LogP contribution in [0, 0.1) is 0 Å². The van der Waals surface area contributed by atoms with E-state index in [1.165, 1.54) is 0 Å². The van der Waals surface area contributed by atoms with E-state index < -0.39 is 0 Å². The molecule has 0 fully saturated rings. The van der Waals surface area contributed by atoms with Gasteiger partial charge in [0.25, 0.3) is 0 Å². The second kappa shape index (κ2) is 5.04. The average Bonchev–Trinajstić information content (AvgIpc) is 1.83. The van der Waals surface area contributed by atoms with Gasteiger partial charge < -0.3 is 4.79 Å². The third-order valence-electron chi connectivity index (χ3n) is 0.686. The highest BCUT2D eigenvalue weighted by atomic mass is 79.9. The molecule has 1 unspecified atom stereocenters. The lowest BCUT2D eigenvalue weighted by molar-refractivity contribution is -0.106. The van der Waals surface area contributed by atoms with Crippen LogP contribution in [0.25, 0.3) is 0 Å². The van der Waals surface area contributed by atoms with Crippen molar-refractivity contribution in [1.29, 1.82) is 0 Å². The lowest BCUT2D eigenvalue weighted by Crippen LogP contribution is -1.90. The summed E-state index contributed by atoms with van der Waals surface area (Å²) >= 11 is 3.12. The van der Waals surface area contributed by atoms with Gasteiger partial charge in [-0.25, -0.2) is 0 Å². The predicted octanol–water partition coefficient (Wildman–Crippen LogP) is 1.92. The van der Waals surface area contributed by atoms with Crippen LogP contribution in [0.1, 0.15) is 13.3 Å². The number of hydrogen-bond donors (Lipinski definition) is 0. The minimum absolute atomic E-state index is 0.0950. The van der Waals surface area contributed by atoms with E-state index >= 15 is 0 Å². The number of aldehydes is 1. The Morgan fingerprint density at radius 1 is 1.75 bits per heavy atom. The summed E-state index contributed by atoms with van der Waals surface area (Å²) in [4.78, 5) is 9.82. The molecular formula is C6H9BrO. The Labute approximate surface area is 57.9 Å². The van der Waals surface area contributed by atoms with Gasteiger partial charge in [-0.05, 0) is 6.42 Å². The smallest absolute Gasteiger partial charge is 0.137 e. The molecule has 0 spiro atoms. The van der Waals surface area contributed by atoms with Gasteiger partial charge in [-0.1, -0.05) is 35.0 Å². The van der Waals surface area contributed by atoms with E-state index in [0.717, 1.165) is 12.7 Å². The fourth-order valence-corrected chi connectivity index (χ4v) is 0.527. The Morgan fingerprint density at radius 2 is 2.38 bits per heavy atom. The van der Waals surface area contributed by atoms with E-state index in [1.807, 2.05) is 19.1 Å². The lowest BCUT2D eigenvalue weighted by Gasteiger charge is -1.86. The summed E-state index contributed by atoms with van der Waals surface area (Å²) < 4.78 is 0. The van der Waals surface area contributed by atoms with Gasteiger partial charge in [-0.2, -0.15) is 0 Å². The first-order valence-corrected chi connectivity index (χ1v) is 3.48. The zero-order chi connectivity index (χ0) is 6.41. The molecule has 0 aromatic rings. The van der Waals surface area contributed by atoms with Crippen LogP contribution in [-0.4, -0.2) is 11.1 Å². The normalized spacial score (nSPS) is 14.2. The molecule has 0 aliphatic heterocycles. The summed E-state index contributed by atoms with van der Waals surface area (Å²) in [6.45, 7) is 2.03. The maximum absolute atomic E-state index is 9.91. The number of alkyl halides is 1. The molecule has 1 nitrogen and oxygen atoms in total. The zero-order valence-corrected chi connectivity index (χ0v) is 6.39. The molecular weight excluding hydrogens is 168 g/mol. The van der Waals surface area contributed by atoms with E-state index in [-0.39, 0.29) is 4.83 Å². The third-order valence-corrected chi connectivity index (χ3v) is 1.21. The fourth-order valence-electron chi connectivity index (χ4n) is 0.311. The maximum atomic E-state index is 9.91. The van der Waals surface area contributed by atoms with Crippen molar-refractivity contribution < 1.29 is 4.79 Å². The molecule has 0 saturated carbocycles. The molecule has 0 heterocycles. The number of rotatable bonds is 3. The molecule has 0 bridgehead atoms. The average molecular weight is 177 g/mol. The highest BCUT2D eigenvalue weighted by Gasteiger charge is 1.89. The molecule has 0 radical (unpaired) electrons. The third kappa shape index (κ3) is 4.06. The Morgan fingerprint density at radius 3 is 2.75 bits per heavy atom. The Balaban J connectivity index is 3.35. The van der Waals surface area contributed by atoms with Crippen LogP contribution in [0.3, 0.4) is 0 Å². The Bertz CT molecular complexity index is 88.5. The summed E-state index contributed by atoms with van der Waals surface area (Å²) in [5, 5.41) is 0. The van der Waals surface area contributed by atoms with Gasteiger partial charge in [0.05, 0.1) is 4.83 Å². The minimum Gasteiger partial charge on any atom is -0.302 e. The molecule has 0 rings (SSSR count). The second-order valence-electron chi connectivity index (χ2n) is 1.42. The van der Waals surface area contributed by atoms with Crippen molar-refractivity contribution in [2.45, 2.75) is 18.2 Å². The largest absolute Gasteiger partial charge is 0.302 e. The molecule has 0 aromatic carbocycles. The van der Waals surface area contributed by atoms with Crippen LogP contribution in [0.4, 0.5) is 0 Å². The summed E-state index contributed by atoms with van der Waals surface area (Å²) in [7, 11) is 0. The second-order valence-corrected chi connectivity index (χ2v) is 2.47. The van der Waals surface area contributed by atoms with Crippen LogP contribution in [0.15, 0.2) is 12.2 Å². The quantitative estimate of drug-likeness (QED) is 0.365. The highest BCUT2D eigenvalue weighted by molar-refractivity contribution is 9.10. The summed E-state index contributed by atoms with van der Waals surface area (Å²) in [6.07, 6.45) is 5.61. The van der Waals surface area contributed by atoms with Crippen LogP contribution >= 0.6 is 15.9 Å². The van der Waals surface area contributed by atoms with E-state index in [4.69, 9.17) is 0 Å². The lowest BCUT2D eigenvalue weighted by atomic mass is 10.3. The molecule has 0 aliphatic rings. The van der Waals surface area contributed by atoms with Gasteiger partial charge >= 0.3 is 0 Å². The topological polar surface area (TPSA) is 17.1 Å². The molecule has 0 aliphatic carbocycles. The van der Waals surface area contributed by atoms with Crippen molar-refractivity contribution in [2.24, 2.45) is 0 Å². The Hall–Kier alpha value is -0.110. The summed E-state index contributed by atoms with van der Waals surface area (Å²) in [5.41, 5.74) is 0.